The summed E-state index contributed by atoms with van der Waals surface area (Å²) in [4.78, 5) is 15.3. The SMILES string of the molecule is CC(C)N(CCNc1ccnc(Nc2ccccn2)n1)C(C)C. The highest BCUT2D eigenvalue weighted by atomic mass is 15.2. The molecule has 124 valence electrons. The van der Waals surface area contributed by atoms with E-state index in [1.165, 1.54) is 0 Å². The van der Waals surface area contributed by atoms with Crippen molar-refractivity contribution in [1.29, 1.82) is 0 Å². The van der Waals surface area contributed by atoms with Gasteiger partial charge in [0, 0.05) is 37.6 Å². The molecular weight excluding hydrogens is 288 g/mol. The second-order valence-electron chi connectivity index (χ2n) is 5.96. The molecule has 2 heterocycles. The standard InChI is InChI=1S/C17H26N6/c1-13(2)23(14(3)4)12-11-19-16-8-10-20-17(22-16)21-15-7-5-6-9-18-15/h5-10,13-14H,11-12H2,1-4H3,(H2,18,19,20,21,22). The molecule has 0 saturated carbocycles. The number of hydrogen-bond acceptors (Lipinski definition) is 6. The lowest BCUT2D eigenvalue weighted by molar-refractivity contribution is 0.182. The molecule has 0 aliphatic heterocycles. The van der Waals surface area contributed by atoms with Crippen LogP contribution in [0.3, 0.4) is 0 Å². The van der Waals surface area contributed by atoms with E-state index in [-0.39, 0.29) is 0 Å². The number of nitrogens with one attached hydrogen (secondary N) is 2. The maximum absolute atomic E-state index is 4.46. The van der Waals surface area contributed by atoms with Gasteiger partial charge in [0.25, 0.3) is 0 Å². The lowest BCUT2D eigenvalue weighted by Crippen LogP contribution is -2.40. The van der Waals surface area contributed by atoms with Crippen molar-refractivity contribution in [2.24, 2.45) is 0 Å². The second-order valence-corrected chi connectivity index (χ2v) is 5.96. The molecule has 0 atom stereocenters. The summed E-state index contributed by atoms with van der Waals surface area (Å²) in [6, 6.07) is 8.61. The molecule has 0 bridgehead atoms. The topological polar surface area (TPSA) is 66.0 Å². The Morgan fingerprint density at radius 1 is 0.957 bits per heavy atom. The van der Waals surface area contributed by atoms with Gasteiger partial charge in [0.15, 0.2) is 0 Å². The van der Waals surface area contributed by atoms with Crippen LogP contribution in [0.25, 0.3) is 0 Å². The third-order valence-electron chi connectivity index (χ3n) is 3.56. The molecule has 0 saturated heterocycles. The average Bonchev–Trinajstić information content (AvgIpc) is 2.52. The van der Waals surface area contributed by atoms with Crippen molar-refractivity contribution in [2.45, 2.75) is 39.8 Å². The zero-order valence-electron chi connectivity index (χ0n) is 14.3. The summed E-state index contributed by atoms with van der Waals surface area (Å²) in [5, 5.41) is 6.45. The maximum Gasteiger partial charge on any atom is 0.230 e. The fourth-order valence-electron chi connectivity index (χ4n) is 2.49. The zero-order valence-corrected chi connectivity index (χ0v) is 14.3. The van der Waals surface area contributed by atoms with Crippen LogP contribution >= 0.6 is 0 Å². The van der Waals surface area contributed by atoms with Crippen LogP contribution in [0.5, 0.6) is 0 Å². The number of anilines is 3. The van der Waals surface area contributed by atoms with Gasteiger partial charge < -0.3 is 10.6 Å². The molecule has 0 radical (unpaired) electrons. The van der Waals surface area contributed by atoms with Crippen molar-refractivity contribution >= 4 is 17.6 Å². The van der Waals surface area contributed by atoms with Crippen LogP contribution in [-0.2, 0) is 0 Å². The minimum absolute atomic E-state index is 0.531. The molecule has 2 N–H and O–H groups in total. The van der Waals surface area contributed by atoms with E-state index in [1.807, 2.05) is 24.3 Å². The normalized spacial score (nSPS) is 11.3. The van der Waals surface area contributed by atoms with Crippen LogP contribution in [0.2, 0.25) is 0 Å². The Morgan fingerprint density at radius 3 is 2.39 bits per heavy atom. The molecule has 0 aromatic carbocycles. The summed E-state index contributed by atoms with van der Waals surface area (Å²) in [6.45, 7) is 10.7. The smallest absolute Gasteiger partial charge is 0.230 e. The van der Waals surface area contributed by atoms with Crippen LogP contribution in [0.15, 0.2) is 36.7 Å². The highest BCUT2D eigenvalue weighted by Crippen LogP contribution is 2.11. The minimum atomic E-state index is 0.531. The molecule has 0 spiro atoms. The third-order valence-corrected chi connectivity index (χ3v) is 3.56. The molecule has 2 aromatic heterocycles. The van der Waals surface area contributed by atoms with E-state index in [0.29, 0.717) is 18.0 Å². The molecular formula is C17H26N6. The highest BCUT2D eigenvalue weighted by Gasteiger charge is 2.12. The number of nitrogens with zero attached hydrogens (tertiary/aromatic N) is 4. The summed E-state index contributed by atoms with van der Waals surface area (Å²) in [6.07, 6.45) is 3.47. The minimum Gasteiger partial charge on any atom is -0.369 e. The first-order chi connectivity index (χ1) is 11.1. The van der Waals surface area contributed by atoms with Crippen molar-refractivity contribution in [2.75, 3.05) is 23.7 Å². The molecule has 2 rings (SSSR count). The highest BCUT2D eigenvalue weighted by molar-refractivity contribution is 5.49. The van der Waals surface area contributed by atoms with Gasteiger partial charge in [0.2, 0.25) is 5.95 Å². The van der Waals surface area contributed by atoms with Crippen LogP contribution < -0.4 is 10.6 Å². The monoisotopic (exact) mass is 314 g/mol. The van der Waals surface area contributed by atoms with E-state index in [0.717, 1.165) is 24.7 Å². The van der Waals surface area contributed by atoms with E-state index in [4.69, 9.17) is 0 Å². The predicted molar refractivity (Wildman–Crippen MR) is 95.0 cm³/mol. The first-order valence-corrected chi connectivity index (χ1v) is 8.07. The van der Waals surface area contributed by atoms with Gasteiger partial charge in [-0.3, -0.25) is 4.90 Å². The van der Waals surface area contributed by atoms with Crippen LogP contribution in [0.1, 0.15) is 27.7 Å². The number of pyridine rings is 1. The van der Waals surface area contributed by atoms with E-state index in [1.54, 1.807) is 12.4 Å². The van der Waals surface area contributed by atoms with Crippen LogP contribution in [0.4, 0.5) is 17.6 Å². The van der Waals surface area contributed by atoms with Crippen molar-refractivity contribution in [3.63, 3.8) is 0 Å². The van der Waals surface area contributed by atoms with Crippen LogP contribution in [-0.4, -0.2) is 45.0 Å². The number of aromatic nitrogens is 3. The molecule has 0 unspecified atom stereocenters. The lowest BCUT2D eigenvalue weighted by atomic mass is 10.2. The Bertz CT molecular complexity index is 577. The van der Waals surface area contributed by atoms with Crippen molar-refractivity contribution in [3.8, 4) is 0 Å². The summed E-state index contributed by atoms with van der Waals surface area (Å²) < 4.78 is 0. The summed E-state index contributed by atoms with van der Waals surface area (Å²) in [7, 11) is 0. The third kappa shape index (κ3) is 5.49. The van der Waals surface area contributed by atoms with Crippen molar-refractivity contribution in [3.05, 3.63) is 36.7 Å². The lowest BCUT2D eigenvalue weighted by Gasteiger charge is -2.30. The molecule has 0 aliphatic carbocycles. The van der Waals surface area contributed by atoms with Gasteiger partial charge in [-0.25, -0.2) is 9.97 Å². The Kier molecular flexibility index (Phi) is 6.29. The Balaban J connectivity index is 1.90. The molecule has 0 amide bonds. The van der Waals surface area contributed by atoms with Crippen molar-refractivity contribution < 1.29 is 0 Å². The van der Waals surface area contributed by atoms with Crippen molar-refractivity contribution in [1.82, 2.24) is 19.9 Å². The summed E-state index contributed by atoms with van der Waals surface area (Å²) in [5.41, 5.74) is 0. The van der Waals surface area contributed by atoms with Gasteiger partial charge in [0.1, 0.15) is 11.6 Å². The Morgan fingerprint density at radius 2 is 1.74 bits per heavy atom. The Hall–Kier alpha value is -2.21. The van der Waals surface area contributed by atoms with Gasteiger partial charge >= 0.3 is 0 Å². The first-order valence-electron chi connectivity index (χ1n) is 8.07. The summed E-state index contributed by atoms with van der Waals surface area (Å²) in [5.74, 6) is 2.08. The van der Waals surface area contributed by atoms with Crippen LogP contribution in [0, 0.1) is 0 Å². The van der Waals surface area contributed by atoms with Gasteiger partial charge in [-0.2, -0.15) is 4.98 Å². The molecule has 2 aromatic rings. The molecule has 23 heavy (non-hydrogen) atoms. The molecule has 6 heteroatoms. The van der Waals surface area contributed by atoms with E-state index in [9.17, 15) is 0 Å². The first kappa shape index (κ1) is 17.1. The molecule has 0 fully saturated rings. The van der Waals surface area contributed by atoms with E-state index >= 15 is 0 Å². The van der Waals surface area contributed by atoms with E-state index in [2.05, 4.69) is 58.2 Å². The van der Waals surface area contributed by atoms with Gasteiger partial charge in [-0.15, -0.1) is 0 Å². The van der Waals surface area contributed by atoms with E-state index < -0.39 is 0 Å². The Labute approximate surface area is 138 Å². The maximum atomic E-state index is 4.46. The fraction of sp³-hybridized carbons (Fsp3) is 0.471. The fourth-order valence-corrected chi connectivity index (χ4v) is 2.49. The second kappa shape index (κ2) is 8.43. The summed E-state index contributed by atoms with van der Waals surface area (Å²) >= 11 is 0. The zero-order chi connectivity index (χ0) is 16.7. The average molecular weight is 314 g/mol. The largest absolute Gasteiger partial charge is 0.369 e. The predicted octanol–water partition coefficient (Wildman–Crippen LogP) is 3.15. The molecule has 6 nitrogen and oxygen atoms in total. The number of hydrogen-bond donors (Lipinski definition) is 2. The quantitative estimate of drug-likeness (QED) is 0.780. The van der Waals surface area contributed by atoms with Gasteiger partial charge in [0.05, 0.1) is 0 Å². The van der Waals surface area contributed by atoms with Gasteiger partial charge in [-0.05, 0) is 45.9 Å². The van der Waals surface area contributed by atoms with Gasteiger partial charge in [-0.1, -0.05) is 6.07 Å². The molecule has 0 aliphatic rings. The number of rotatable bonds is 8.